The zero-order valence-corrected chi connectivity index (χ0v) is 20.0. The second-order valence-corrected chi connectivity index (χ2v) is 9.15. The van der Waals surface area contributed by atoms with Gasteiger partial charge in [0.2, 0.25) is 0 Å². The Hall–Kier alpha value is -4.18. The molecule has 36 heavy (non-hydrogen) atoms. The summed E-state index contributed by atoms with van der Waals surface area (Å²) in [5.74, 6) is -1.06. The van der Waals surface area contributed by atoms with Gasteiger partial charge in [0.05, 0.1) is 0 Å². The number of rotatable bonds is 8. The third kappa shape index (κ3) is 4.80. The maximum atomic E-state index is 13.7. The molecule has 0 N–H and O–H groups in total. The Labute approximate surface area is 211 Å². The van der Waals surface area contributed by atoms with Crippen LogP contribution in [0, 0.1) is 5.41 Å². The van der Waals surface area contributed by atoms with E-state index in [-0.39, 0.29) is 0 Å². The highest BCUT2D eigenvalue weighted by atomic mass is 16.6. The summed E-state index contributed by atoms with van der Waals surface area (Å²) in [6.07, 6.45) is 0.384. The summed E-state index contributed by atoms with van der Waals surface area (Å²) >= 11 is 0. The molecule has 180 valence electrons. The van der Waals surface area contributed by atoms with E-state index in [1.807, 2.05) is 121 Å². The largest absolute Gasteiger partial charge is 0.452 e. The SMILES string of the molecule is O=C(OC(c1ccccc1)c1ccccc1)C1(C(=O)OC(c2ccccc2)c2ccccc2)CCC1. The Morgan fingerprint density at radius 1 is 0.500 bits per heavy atom. The molecule has 1 aliphatic rings. The van der Waals surface area contributed by atoms with Gasteiger partial charge >= 0.3 is 11.9 Å². The van der Waals surface area contributed by atoms with Crippen LogP contribution in [0.5, 0.6) is 0 Å². The van der Waals surface area contributed by atoms with Crippen molar-refractivity contribution in [2.24, 2.45) is 5.41 Å². The van der Waals surface area contributed by atoms with Crippen LogP contribution in [-0.2, 0) is 19.1 Å². The quantitative estimate of drug-likeness (QED) is 0.207. The molecule has 0 saturated heterocycles. The lowest BCUT2D eigenvalue weighted by Crippen LogP contribution is -2.48. The maximum absolute atomic E-state index is 13.7. The van der Waals surface area contributed by atoms with E-state index in [1.54, 1.807) is 0 Å². The first-order valence-corrected chi connectivity index (χ1v) is 12.3. The molecule has 0 unspecified atom stereocenters. The molecular formula is C32H28O4. The predicted molar refractivity (Wildman–Crippen MR) is 138 cm³/mol. The minimum atomic E-state index is -1.30. The Bertz CT molecular complexity index is 1110. The van der Waals surface area contributed by atoms with Gasteiger partial charge in [-0.3, -0.25) is 9.59 Å². The Morgan fingerprint density at radius 2 is 0.778 bits per heavy atom. The van der Waals surface area contributed by atoms with Crippen molar-refractivity contribution in [3.8, 4) is 0 Å². The minimum Gasteiger partial charge on any atom is -0.452 e. The fraction of sp³-hybridized carbons (Fsp3) is 0.188. The van der Waals surface area contributed by atoms with Crippen LogP contribution in [0.4, 0.5) is 0 Å². The Balaban J connectivity index is 1.42. The molecule has 1 aliphatic carbocycles. The average Bonchev–Trinajstić information content (AvgIpc) is 2.92. The first kappa shape index (κ1) is 23.6. The van der Waals surface area contributed by atoms with E-state index < -0.39 is 29.6 Å². The second kappa shape index (κ2) is 10.6. The molecule has 0 aromatic heterocycles. The lowest BCUT2D eigenvalue weighted by Gasteiger charge is -2.38. The molecule has 5 rings (SSSR count). The van der Waals surface area contributed by atoms with E-state index in [2.05, 4.69) is 0 Å². The van der Waals surface area contributed by atoms with Crippen LogP contribution in [0.2, 0.25) is 0 Å². The highest BCUT2D eigenvalue weighted by Crippen LogP contribution is 2.46. The predicted octanol–water partition coefficient (Wildman–Crippen LogP) is 6.82. The second-order valence-electron chi connectivity index (χ2n) is 9.15. The highest BCUT2D eigenvalue weighted by molar-refractivity contribution is 6.01. The summed E-state index contributed by atoms with van der Waals surface area (Å²) in [4.78, 5) is 27.4. The van der Waals surface area contributed by atoms with Crippen LogP contribution in [0.15, 0.2) is 121 Å². The van der Waals surface area contributed by atoms with Crippen molar-refractivity contribution < 1.29 is 19.1 Å². The normalized spacial score (nSPS) is 14.2. The summed E-state index contributed by atoms with van der Waals surface area (Å²) < 4.78 is 12.2. The molecule has 0 aliphatic heterocycles. The Morgan fingerprint density at radius 3 is 1.00 bits per heavy atom. The molecule has 0 spiro atoms. The molecule has 1 fully saturated rings. The number of ether oxygens (including phenoxy) is 2. The van der Waals surface area contributed by atoms with Crippen LogP contribution < -0.4 is 0 Å². The summed E-state index contributed by atoms with van der Waals surface area (Å²) in [6, 6.07) is 38.4. The van der Waals surface area contributed by atoms with E-state index in [9.17, 15) is 9.59 Å². The van der Waals surface area contributed by atoms with Crippen molar-refractivity contribution in [3.63, 3.8) is 0 Å². The zero-order chi connectivity index (χ0) is 24.8. The highest BCUT2D eigenvalue weighted by Gasteiger charge is 2.55. The van der Waals surface area contributed by atoms with Gasteiger partial charge in [-0.2, -0.15) is 0 Å². The number of carbonyl (C=O) groups excluding carboxylic acids is 2. The summed E-state index contributed by atoms with van der Waals surface area (Å²) in [5.41, 5.74) is 2.11. The average molecular weight is 477 g/mol. The lowest BCUT2D eigenvalue weighted by molar-refractivity contribution is -0.184. The van der Waals surface area contributed by atoms with E-state index in [0.717, 1.165) is 28.7 Å². The van der Waals surface area contributed by atoms with Gasteiger partial charge in [-0.05, 0) is 41.5 Å². The standard InChI is InChI=1S/C32H28O4/c33-30(35-28(24-14-5-1-6-15-24)25-16-7-2-8-17-25)32(22-13-23-32)31(34)36-29(26-18-9-3-10-19-26)27-20-11-4-12-21-27/h1-12,14-21,28-29H,13,22-23H2. The summed E-state index contributed by atoms with van der Waals surface area (Å²) in [5, 5.41) is 0. The molecule has 4 aromatic carbocycles. The molecule has 0 radical (unpaired) electrons. The third-order valence-corrected chi connectivity index (χ3v) is 6.85. The number of esters is 2. The van der Waals surface area contributed by atoms with E-state index in [4.69, 9.17) is 9.47 Å². The number of carbonyl (C=O) groups is 2. The number of benzene rings is 4. The van der Waals surface area contributed by atoms with Crippen molar-refractivity contribution in [2.75, 3.05) is 0 Å². The minimum absolute atomic E-state index is 0.414. The van der Waals surface area contributed by atoms with Crippen molar-refractivity contribution in [2.45, 2.75) is 31.5 Å². The van der Waals surface area contributed by atoms with Gasteiger partial charge < -0.3 is 9.47 Å². The molecule has 1 saturated carbocycles. The van der Waals surface area contributed by atoms with Gasteiger partial charge in [-0.25, -0.2) is 0 Å². The third-order valence-electron chi connectivity index (χ3n) is 6.85. The molecule has 4 nitrogen and oxygen atoms in total. The van der Waals surface area contributed by atoms with Gasteiger partial charge in [0.25, 0.3) is 0 Å². The summed E-state index contributed by atoms with van der Waals surface area (Å²) in [6.45, 7) is 0. The molecular weight excluding hydrogens is 448 g/mol. The molecule has 4 aromatic rings. The number of hydrogen-bond donors (Lipinski definition) is 0. The number of hydrogen-bond acceptors (Lipinski definition) is 4. The van der Waals surface area contributed by atoms with Crippen LogP contribution >= 0.6 is 0 Å². The zero-order valence-electron chi connectivity index (χ0n) is 20.0. The molecule has 0 bridgehead atoms. The van der Waals surface area contributed by atoms with E-state index in [1.165, 1.54) is 0 Å². The van der Waals surface area contributed by atoms with Crippen molar-refractivity contribution in [1.82, 2.24) is 0 Å². The van der Waals surface area contributed by atoms with E-state index >= 15 is 0 Å². The molecule has 0 heterocycles. The van der Waals surface area contributed by atoms with Crippen molar-refractivity contribution in [1.29, 1.82) is 0 Å². The van der Waals surface area contributed by atoms with Crippen molar-refractivity contribution >= 4 is 11.9 Å². The molecule has 0 atom stereocenters. The van der Waals surface area contributed by atoms with Gasteiger partial charge in [-0.1, -0.05) is 121 Å². The van der Waals surface area contributed by atoms with Gasteiger partial charge in [0, 0.05) is 0 Å². The smallest absolute Gasteiger partial charge is 0.324 e. The first-order valence-electron chi connectivity index (χ1n) is 12.3. The van der Waals surface area contributed by atoms with Crippen LogP contribution in [0.1, 0.15) is 53.7 Å². The van der Waals surface area contributed by atoms with Gasteiger partial charge in [0.1, 0.15) is 0 Å². The van der Waals surface area contributed by atoms with Gasteiger partial charge in [0.15, 0.2) is 17.6 Å². The monoisotopic (exact) mass is 476 g/mol. The summed E-state index contributed by atoms with van der Waals surface area (Å²) in [7, 11) is 0. The fourth-order valence-corrected chi connectivity index (χ4v) is 4.63. The van der Waals surface area contributed by atoms with Gasteiger partial charge in [-0.15, -0.1) is 0 Å². The first-order chi connectivity index (χ1) is 17.7. The van der Waals surface area contributed by atoms with Crippen LogP contribution in [-0.4, -0.2) is 11.9 Å². The van der Waals surface area contributed by atoms with E-state index in [0.29, 0.717) is 12.8 Å². The van der Waals surface area contributed by atoms with Crippen molar-refractivity contribution in [3.05, 3.63) is 144 Å². The molecule has 4 heteroatoms. The topological polar surface area (TPSA) is 52.6 Å². The Kier molecular flexibility index (Phi) is 6.94. The lowest BCUT2D eigenvalue weighted by atomic mass is 9.68. The van der Waals surface area contributed by atoms with Crippen LogP contribution in [0.25, 0.3) is 0 Å². The van der Waals surface area contributed by atoms with Crippen LogP contribution in [0.3, 0.4) is 0 Å². The maximum Gasteiger partial charge on any atom is 0.324 e. The fourth-order valence-electron chi connectivity index (χ4n) is 4.63. The molecule has 0 amide bonds.